The van der Waals surface area contributed by atoms with Crippen LogP contribution in [0, 0.1) is 5.92 Å². The third kappa shape index (κ3) is 2.53. The van der Waals surface area contributed by atoms with Gasteiger partial charge >= 0.3 is 0 Å². The molecule has 1 saturated carbocycles. The lowest BCUT2D eigenvalue weighted by atomic mass is 9.83. The van der Waals surface area contributed by atoms with Gasteiger partial charge in [0.25, 0.3) is 0 Å². The first kappa shape index (κ1) is 12.0. The minimum Gasteiger partial charge on any atom is -0.366 e. The molecule has 1 aliphatic carbocycles. The van der Waals surface area contributed by atoms with Gasteiger partial charge in [0.05, 0.1) is 11.9 Å². The zero-order valence-electron chi connectivity index (χ0n) is 11.3. The number of anilines is 1. The van der Waals surface area contributed by atoms with Gasteiger partial charge in [0, 0.05) is 38.9 Å². The molecule has 1 unspecified atom stereocenters. The lowest BCUT2D eigenvalue weighted by molar-refractivity contribution is 0.257. The van der Waals surface area contributed by atoms with Gasteiger partial charge in [-0.15, -0.1) is 0 Å². The van der Waals surface area contributed by atoms with E-state index >= 15 is 0 Å². The first-order chi connectivity index (χ1) is 8.83. The van der Waals surface area contributed by atoms with Crippen molar-refractivity contribution >= 4 is 5.69 Å². The Balaban J connectivity index is 1.64. The van der Waals surface area contributed by atoms with E-state index in [4.69, 9.17) is 0 Å². The van der Waals surface area contributed by atoms with Crippen LogP contribution < -0.4 is 10.2 Å². The molecule has 1 aromatic heterocycles. The third-order valence-electron chi connectivity index (χ3n) is 4.48. The van der Waals surface area contributed by atoms with Gasteiger partial charge < -0.3 is 10.2 Å². The van der Waals surface area contributed by atoms with Gasteiger partial charge in [-0.2, -0.15) is 5.10 Å². The second-order valence-corrected chi connectivity index (χ2v) is 5.78. The van der Waals surface area contributed by atoms with Crippen LogP contribution in [0.1, 0.15) is 32.1 Å². The molecule has 0 aromatic carbocycles. The van der Waals surface area contributed by atoms with E-state index in [1.807, 2.05) is 17.9 Å². The molecule has 4 nitrogen and oxygen atoms in total. The van der Waals surface area contributed by atoms with Crippen LogP contribution in [0.5, 0.6) is 0 Å². The molecular weight excluding hydrogens is 224 g/mol. The first-order valence-electron chi connectivity index (χ1n) is 7.30. The number of aryl methyl sites for hydroxylation is 1. The van der Waals surface area contributed by atoms with Crippen molar-refractivity contribution in [1.82, 2.24) is 15.1 Å². The summed E-state index contributed by atoms with van der Waals surface area (Å²) in [5.74, 6) is 0.887. The molecule has 2 aliphatic rings. The third-order valence-corrected chi connectivity index (χ3v) is 4.48. The van der Waals surface area contributed by atoms with E-state index in [1.54, 1.807) is 0 Å². The molecule has 100 valence electrons. The number of hydrogen-bond donors (Lipinski definition) is 1. The second-order valence-electron chi connectivity index (χ2n) is 5.78. The summed E-state index contributed by atoms with van der Waals surface area (Å²) in [6.07, 6.45) is 11.2. The Bertz CT molecular complexity index is 381. The molecule has 0 radical (unpaired) electrons. The Morgan fingerprint density at radius 3 is 2.83 bits per heavy atom. The van der Waals surface area contributed by atoms with Crippen molar-refractivity contribution in [3.05, 3.63) is 12.4 Å². The predicted molar refractivity (Wildman–Crippen MR) is 73.8 cm³/mol. The Morgan fingerprint density at radius 2 is 2.11 bits per heavy atom. The van der Waals surface area contributed by atoms with E-state index in [2.05, 4.69) is 21.5 Å². The highest BCUT2D eigenvalue weighted by atomic mass is 15.3. The molecule has 0 bridgehead atoms. The van der Waals surface area contributed by atoms with Gasteiger partial charge in [-0.05, 0) is 18.8 Å². The molecule has 18 heavy (non-hydrogen) atoms. The number of nitrogens with zero attached hydrogens (tertiary/aromatic N) is 3. The van der Waals surface area contributed by atoms with E-state index in [0.717, 1.165) is 25.6 Å². The van der Waals surface area contributed by atoms with Gasteiger partial charge in [-0.3, -0.25) is 4.68 Å². The van der Waals surface area contributed by atoms with E-state index in [9.17, 15) is 0 Å². The average Bonchev–Trinajstić information content (AvgIpc) is 2.87. The molecule has 3 rings (SSSR count). The SMILES string of the molecule is Cn1cc(N2CCNC(C3CCCCC3)C2)cn1. The summed E-state index contributed by atoms with van der Waals surface area (Å²) < 4.78 is 1.90. The molecule has 1 atom stereocenters. The van der Waals surface area contributed by atoms with E-state index < -0.39 is 0 Å². The summed E-state index contributed by atoms with van der Waals surface area (Å²) in [6.45, 7) is 3.36. The van der Waals surface area contributed by atoms with Crippen molar-refractivity contribution in [2.24, 2.45) is 13.0 Å². The molecule has 2 heterocycles. The van der Waals surface area contributed by atoms with Crippen LogP contribution in [0.4, 0.5) is 5.69 Å². The lowest BCUT2D eigenvalue weighted by Gasteiger charge is -2.39. The van der Waals surface area contributed by atoms with Crippen molar-refractivity contribution in [2.45, 2.75) is 38.1 Å². The fourth-order valence-electron chi connectivity index (χ4n) is 3.44. The average molecular weight is 248 g/mol. The standard InChI is InChI=1S/C14H24N4/c1-17-10-13(9-16-17)18-8-7-15-14(11-18)12-5-3-2-4-6-12/h9-10,12,14-15H,2-8,11H2,1H3. The number of nitrogens with one attached hydrogen (secondary N) is 1. The van der Waals surface area contributed by atoms with Crippen molar-refractivity contribution < 1.29 is 0 Å². The number of hydrogen-bond acceptors (Lipinski definition) is 3. The van der Waals surface area contributed by atoms with Gasteiger partial charge in [-0.1, -0.05) is 19.3 Å². The highest BCUT2D eigenvalue weighted by molar-refractivity contribution is 5.43. The van der Waals surface area contributed by atoms with Crippen LogP contribution in [-0.2, 0) is 7.05 Å². The van der Waals surface area contributed by atoms with Crippen molar-refractivity contribution in [3.63, 3.8) is 0 Å². The normalized spacial score (nSPS) is 26.5. The Labute approximate surface area is 109 Å². The highest BCUT2D eigenvalue weighted by Crippen LogP contribution is 2.28. The van der Waals surface area contributed by atoms with Crippen LogP contribution in [-0.4, -0.2) is 35.5 Å². The van der Waals surface area contributed by atoms with Gasteiger partial charge in [0.15, 0.2) is 0 Å². The second kappa shape index (κ2) is 5.31. The van der Waals surface area contributed by atoms with Gasteiger partial charge in [0.1, 0.15) is 0 Å². The van der Waals surface area contributed by atoms with Gasteiger partial charge in [-0.25, -0.2) is 0 Å². The molecular formula is C14H24N4. The molecule has 4 heteroatoms. The fourth-order valence-corrected chi connectivity index (χ4v) is 3.44. The minimum atomic E-state index is 0.680. The van der Waals surface area contributed by atoms with Crippen LogP contribution >= 0.6 is 0 Å². The molecule has 1 aliphatic heterocycles. The molecule has 2 fully saturated rings. The van der Waals surface area contributed by atoms with Crippen LogP contribution in [0.3, 0.4) is 0 Å². The Morgan fingerprint density at radius 1 is 1.28 bits per heavy atom. The summed E-state index contributed by atoms with van der Waals surface area (Å²) in [5.41, 5.74) is 1.28. The van der Waals surface area contributed by atoms with Crippen LogP contribution in [0.25, 0.3) is 0 Å². The summed E-state index contributed by atoms with van der Waals surface area (Å²) in [6, 6.07) is 0.680. The summed E-state index contributed by atoms with van der Waals surface area (Å²) in [4.78, 5) is 2.49. The molecule has 1 saturated heterocycles. The summed E-state index contributed by atoms with van der Waals surface area (Å²) in [5, 5.41) is 8.01. The fraction of sp³-hybridized carbons (Fsp3) is 0.786. The molecule has 0 amide bonds. The van der Waals surface area contributed by atoms with E-state index in [-0.39, 0.29) is 0 Å². The molecule has 1 N–H and O–H groups in total. The Kier molecular flexibility index (Phi) is 3.55. The maximum absolute atomic E-state index is 4.28. The van der Waals surface area contributed by atoms with Crippen molar-refractivity contribution in [1.29, 1.82) is 0 Å². The largest absolute Gasteiger partial charge is 0.366 e. The topological polar surface area (TPSA) is 33.1 Å². The maximum atomic E-state index is 4.28. The quantitative estimate of drug-likeness (QED) is 0.866. The van der Waals surface area contributed by atoms with Gasteiger partial charge in [0.2, 0.25) is 0 Å². The maximum Gasteiger partial charge on any atom is 0.0753 e. The first-order valence-corrected chi connectivity index (χ1v) is 7.30. The number of aromatic nitrogens is 2. The van der Waals surface area contributed by atoms with Crippen molar-refractivity contribution in [2.75, 3.05) is 24.5 Å². The smallest absolute Gasteiger partial charge is 0.0753 e. The zero-order valence-corrected chi connectivity index (χ0v) is 11.3. The van der Waals surface area contributed by atoms with Crippen molar-refractivity contribution in [3.8, 4) is 0 Å². The Hall–Kier alpha value is -1.03. The monoisotopic (exact) mass is 248 g/mol. The molecule has 0 spiro atoms. The predicted octanol–water partition coefficient (Wildman–Crippen LogP) is 1.78. The summed E-state index contributed by atoms with van der Waals surface area (Å²) >= 11 is 0. The van der Waals surface area contributed by atoms with E-state index in [0.29, 0.717) is 6.04 Å². The molecule has 1 aromatic rings. The van der Waals surface area contributed by atoms with Crippen LogP contribution in [0.15, 0.2) is 12.4 Å². The number of rotatable bonds is 2. The summed E-state index contributed by atoms with van der Waals surface area (Å²) in [7, 11) is 1.99. The lowest BCUT2D eigenvalue weighted by Crippen LogP contribution is -2.54. The highest BCUT2D eigenvalue weighted by Gasteiger charge is 2.28. The zero-order chi connectivity index (χ0) is 12.4. The number of piperazine rings is 1. The van der Waals surface area contributed by atoms with E-state index in [1.165, 1.54) is 37.8 Å². The minimum absolute atomic E-state index is 0.680. The van der Waals surface area contributed by atoms with Crippen LogP contribution in [0.2, 0.25) is 0 Å².